The Bertz CT molecular complexity index is 433. The van der Waals surface area contributed by atoms with E-state index in [0.29, 0.717) is 11.9 Å². The van der Waals surface area contributed by atoms with Crippen molar-refractivity contribution in [1.82, 2.24) is 21.0 Å². The summed E-state index contributed by atoms with van der Waals surface area (Å²) in [6, 6.07) is 1.80. The standard InChI is InChI=1S/C12H17N5O/c1-6-13-11(14-7-1)17-15-12(18-16-17)8-9-2-4-10(12)5-3-9/h1,6-7,9-10,15-16H,2-5,8H2/t9?,10?,12-/m0/s1. The second-order valence-corrected chi connectivity index (χ2v) is 5.50. The van der Waals surface area contributed by atoms with Crippen molar-refractivity contribution >= 4 is 5.95 Å². The molecule has 3 saturated carbocycles. The molecular weight excluding hydrogens is 230 g/mol. The highest BCUT2D eigenvalue weighted by atomic mass is 16.7. The van der Waals surface area contributed by atoms with Crippen LogP contribution in [-0.2, 0) is 4.84 Å². The largest absolute Gasteiger partial charge is 0.257 e. The number of rotatable bonds is 1. The van der Waals surface area contributed by atoms with Crippen molar-refractivity contribution in [1.29, 1.82) is 0 Å². The molecule has 6 nitrogen and oxygen atoms in total. The van der Waals surface area contributed by atoms with Crippen LogP contribution in [0.2, 0.25) is 0 Å². The third-order valence-electron chi connectivity index (χ3n) is 4.47. The number of anilines is 1. The molecule has 1 aromatic rings. The quantitative estimate of drug-likeness (QED) is 0.776. The van der Waals surface area contributed by atoms with E-state index in [0.717, 1.165) is 12.3 Å². The Labute approximate surface area is 106 Å². The van der Waals surface area contributed by atoms with E-state index < -0.39 is 0 Å². The molecule has 1 spiro atoms. The lowest BCUT2D eigenvalue weighted by molar-refractivity contribution is -0.153. The molecule has 0 aromatic carbocycles. The average molecular weight is 247 g/mol. The highest BCUT2D eigenvalue weighted by molar-refractivity contribution is 5.25. The second kappa shape index (κ2) is 3.88. The van der Waals surface area contributed by atoms with Crippen LogP contribution in [0.1, 0.15) is 32.1 Å². The molecule has 6 heteroatoms. The van der Waals surface area contributed by atoms with E-state index in [1.807, 2.05) is 0 Å². The van der Waals surface area contributed by atoms with E-state index in [1.165, 1.54) is 25.7 Å². The minimum Gasteiger partial charge on any atom is -0.257 e. The zero-order chi connectivity index (χ0) is 12.0. The Kier molecular flexibility index (Phi) is 2.30. The van der Waals surface area contributed by atoms with Gasteiger partial charge in [0.15, 0.2) is 5.72 Å². The van der Waals surface area contributed by atoms with Gasteiger partial charge < -0.3 is 0 Å². The molecule has 5 rings (SSSR count). The zero-order valence-electron chi connectivity index (χ0n) is 10.2. The molecule has 1 aliphatic heterocycles. The van der Waals surface area contributed by atoms with Gasteiger partial charge in [-0.1, -0.05) is 5.59 Å². The fraction of sp³-hybridized carbons (Fsp3) is 0.667. The summed E-state index contributed by atoms with van der Waals surface area (Å²) in [5.41, 5.74) is 6.09. The molecule has 96 valence electrons. The van der Waals surface area contributed by atoms with Crippen molar-refractivity contribution in [3.8, 4) is 0 Å². The van der Waals surface area contributed by atoms with E-state index >= 15 is 0 Å². The van der Waals surface area contributed by atoms with Crippen molar-refractivity contribution < 1.29 is 4.84 Å². The molecule has 3 aliphatic carbocycles. The number of nitrogens with one attached hydrogen (secondary N) is 2. The van der Waals surface area contributed by atoms with Gasteiger partial charge in [-0.2, -0.15) is 10.5 Å². The molecule has 0 unspecified atom stereocenters. The van der Waals surface area contributed by atoms with Crippen molar-refractivity contribution in [3.63, 3.8) is 0 Å². The molecule has 2 heterocycles. The first-order chi connectivity index (χ1) is 8.86. The highest BCUT2D eigenvalue weighted by Gasteiger charge is 2.53. The number of hydrazine groups is 2. The number of hydrogen-bond acceptors (Lipinski definition) is 6. The van der Waals surface area contributed by atoms with Crippen LogP contribution in [0.4, 0.5) is 5.95 Å². The van der Waals surface area contributed by atoms with Gasteiger partial charge in [-0.05, 0) is 44.1 Å². The number of fused-ring (bicyclic) bond motifs is 2. The first-order valence-corrected chi connectivity index (χ1v) is 6.64. The molecule has 2 bridgehead atoms. The number of aromatic nitrogens is 2. The maximum Gasteiger partial charge on any atom is 0.257 e. The van der Waals surface area contributed by atoms with Gasteiger partial charge in [-0.15, -0.1) is 0 Å². The minimum atomic E-state index is -0.250. The SMILES string of the molecule is c1cnc(N2NO[C@]3(CC4CCC3CC4)N2)nc1. The Morgan fingerprint density at radius 3 is 2.67 bits per heavy atom. The summed E-state index contributed by atoms with van der Waals surface area (Å²) >= 11 is 0. The monoisotopic (exact) mass is 247 g/mol. The van der Waals surface area contributed by atoms with Crippen molar-refractivity contribution in [2.24, 2.45) is 11.8 Å². The summed E-state index contributed by atoms with van der Waals surface area (Å²) in [5.74, 6) is 1.97. The van der Waals surface area contributed by atoms with Crippen LogP contribution in [0, 0.1) is 11.8 Å². The predicted molar refractivity (Wildman–Crippen MR) is 64.7 cm³/mol. The van der Waals surface area contributed by atoms with E-state index in [2.05, 4.69) is 21.0 Å². The molecular formula is C12H17N5O. The van der Waals surface area contributed by atoms with E-state index in [9.17, 15) is 0 Å². The molecule has 1 saturated heterocycles. The van der Waals surface area contributed by atoms with Gasteiger partial charge in [-0.25, -0.2) is 9.97 Å². The first-order valence-electron chi connectivity index (χ1n) is 6.64. The summed E-state index contributed by atoms with van der Waals surface area (Å²) in [6.07, 6.45) is 9.73. The van der Waals surface area contributed by atoms with Crippen LogP contribution >= 0.6 is 0 Å². The molecule has 4 fully saturated rings. The summed E-state index contributed by atoms with van der Waals surface area (Å²) in [7, 11) is 0. The normalized spacial score (nSPS) is 38.6. The smallest absolute Gasteiger partial charge is 0.257 e. The average Bonchev–Trinajstić information content (AvgIpc) is 2.85. The maximum absolute atomic E-state index is 5.87. The zero-order valence-corrected chi connectivity index (χ0v) is 10.2. The third-order valence-corrected chi connectivity index (χ3v) is 4.47. The lowest BCUT2D eigenvalue weighted by Gasteiger charge is -2.47. The lowest BCUT2D eigenvalue weighted by Crippen LogP contribution is -2.57. The van der Waals surface area contributed by atoms with E-state index in [1.54, 1.807) is 23.6 Å². The Morgan fingerprint density at radius 1 is 1.22 bits per heavy atom. The van der Waals surface area contributed by atoms with E-state index in [-0.39, 0.29) is 5.72 Å². The van der Waals surface area contributed by atoms with Gasteiger partial charge >= 0.3 is 0 Å². The third kappa shape index (κ3) is 1.53. The van der Waals surface area contributed by atoms with Gasteiger partial charge in [0.1, 0.15) is 0 Å². The summed E-state index contributed by atoms with van der Waals surface area (Å²) < 4.78 is 0. The van der Waals surface area contributed by atoms with Crippen molar-refractivity contribution in [2.45, 2.75) is 37.8 Å². The maximum atomic E-state index is 5.87. The molecule has 0 amide bonds. The minimum absolute atomic E-state index is 0.250. The van der Waals surface area contributed by atoms with Gasteiger partial charge in [0.2, 0.25) is 0 Å². The topological polar surface area (TPSA) is 62.3 Å². The van der Waals surface area contributed by atoms with Crippen LogP contribution in [0.15, 0.2) is 18.5 Å². The number of hydrogen-bond donors (Lipinski definition) is 2. The Hall–Kier alpha value is -1.24. The molecule has 18 heavy (non-hydrogen) atoms. The summed E-state index contributed by atoms with van der Waals surface area (Å²) in [6.45, 7) is 0. The summed E-state index contributed by atoms with van der Waals surface area (Å²) in [4.78, 5) is 14.3. The van der Waals surface area contributed by atoms with Gasteiger partial charge in [-0.3, -0.25) is 4.84 Å². The van der Waals surface area contributed by atoms with Crippen LogP contribution in [0.25, 0.3) is 0 Å². The Morgan fingerprint density at radius 2 is 2.00 bits per heavy atom. The van der Waals surface area contributed by atoms with Gasteiger partial charge in [0.05, 0.1) is 0 Å². The van der Waals surface area contributed by atoms with E-state index in [4.69, 9.17) is 4.84 Å². The van der Waals surface area contributed by atoms with Crippen LogP contribution in [0.5, 0.6) is 0 Å². The second-order valence-electron chi connectivity index (χ2n) is 5.50. The molecule has 0 radical (unpaired) electrons. The molecule has 2 N–H and O–H groups in total. The lowest BCUT2D eigenvalue weighted by atomic mass is 9.66. The Balaban J connectivity index is 1.57. The van der Waals surface area contributed by atoms with Crippen molar-refractivity contribution in [3.05, 3.63) is 18.5 Å². The number of nitrogens with zero attached hydrogens (tertiary/aromatic N) is 3. The first kappa shape index (κ1) is 10.7. The van der Waals surface area contributed by atoms with Crippen LogP contribution in [-0.4, -0.2) is 15.7 Å². The molecule has 1 aromatic heterocycles. The van der Waals surface area contributed by atoms with Crippen molar-refractivity contribution in [2.75, 3.05) is 5.12 Å². The highest BCUT2D eigenvalue weighted by Crippen LogP contribution is 2.48. The fourth-order valence-electron chi connectivity index (χ4n) is 3.55. The summed E-state index contributed by atoms with van der Waals surface area (Å²) in [5, 5.41) is 1.70. The van der Waals surface area contributed by atoms with Gasteiger partial charge in [0.25, 0.3) is 5.95 Å². The fourth-order valence-corrected chi connectivity index (χ4v) is 3.55. The predicted octanol–water partition coefficient (Wildman–Crippen LogP) is 1.14. The van der Waals surface area contributed by atoms with Crippen LogP contribution < -0.4 is 16.1 Å². The van der Waals surface area contributed by atoms with Gasteiger partial charge in [0, 0.05) is 18.3 Å². The molecule has 1 atom stereocenters. The molecule has 4 aliphatic rings. The van der Waals surface area contributed by atoms with Crippen LogP contribution in [0.3, 0.4) is 0 Å².